The molecule has 2 N–H and O–H groups in total. The Morgan fingerprint density at radius 2 is 1.93 bits per heavy atom. The molecule has 150 valence electrons. The molecule has 7 heteroatoms. The number of carboxylic acids is 1. The molecular weight excluding hydrogens is 422 g/mol. The summed E-state index contributed by atoms with van der Waals surface area (Å²) in [5.41, 5.74) is 2.65. The van der Waals surface area contributed by atoms with Gasteiger partial charge in [-0.05, 0) is 35.4 Å². The summed E-state index contributed by atoms with van der Waals surface area (Å²) < 4.78 is 5.41. The van der Waals surface area contributed by atoms with Crippen molar-refractivity contribution in [2.45, 2.75) is 12.3 Å². The number of halogens is 1. The van der Waals surface area contributed by atoms with Crippen molar-refractivity contribution in [2.24, 2.45) is 0 Å². The van der Waals surface area contributed by atoms with Gasteiger partial charge in [0.15, 0.2) is 0 Å². The van der Waals surface area contributed by atoms with E-state index in [4.69, 9.17) is 22.8 Å². The fourth-order valence-corrected chi connectivity index (χ4v) is 4.89. The average Bonchev–Trinajstić information content (AvgIpc) is 3.12. The molecule has 0 bridgehead atoms. The number of thiophene rings is 1. The minimum Gasteiger partial charge on any atom is -0.481 e. The molecule has 3 aromatic rings. The summed E-state index contributed by atoms with van der Waals surface area (Å²) in [5, 5.41) is 13.2. The quantitative estimate of drug-likeness (QED) is 0.534. The molecule has 0 unspecified atom stereocenters. The van der Waals surface area contributed by atoms with Gasteiger partial charge in [-0.3, -0.25) is 4.79 Å². The molecule has 0 aliphatic carbocycles. The molecule has 4 rings (SSSR count). The minimum atomic E-state index is -1.04. The van der Waals surface area contributed by atoms with Gasteiger partial charge in [-0.2, -0.15) is 0 Å². The van der Waals surface area contributed by atoms with Crippen LogP contribution in [0.15, 0.2) is 48.5 Å². The zero-order valence-corrected chi connectivity index (χ0v) is 17.2. The molecule has 5 nitrogen and oxygen atoms in total. The molecule has 1 atom stereocenters. The number of fused-ring (bicyclic) bond motifs is 1. The van der Waals surface area contributed by atoms with E-state index in [0.717, 1.165) is 10.4 Å². The largest absolute Gasteiger partial charge is 0.481 e. The molecule has 1 amide bonds. The lowest BCUT2D eigenvalue weighted by molar-refractivity contribution is -0.116. The van der Waals surface area contributed by atoms with Crippen LogP contribution in [0.25, 0.3) is 11.1 Å². The standard InChI is InChI=1S/C23H16ClNO4S/c1-2-11-29-16-9-5-13(6-10-16)17-12-18(26)25-20-19(14-3-7-15(24)8-4-14)22(23(27)28)30-21(17)20/h1,3-10,17H,11-12H2,(H,25,26)(H,27,28)/t17-/m0/s1. The lowest BCUT2D eigenvalue weighted by Gasteiger charge is -2.24. The zero-order valence-electron chi connectivity index (χ0n) is 15.6. The van der Waals surface area contributed by atoms with Gasteiger partial charge >= 0.3 is 5.97 Å². The minimum absolute atomic E-state index is 0.162. The van der Waals surface area contributed by atoms with Crippen LogP contribution in [0.1, 0.15) is 32.5 Å². The van der Waals surface area contributed by atoms with Gasteiger partial charge in [0.2, 0.25) is 5.91 Å². The summed E-state index contributed by atoms with van der Waals surface area (Å²) in [5.74, 6) is 1.60. The zero-order chi connectivity index (χ0) is 21.3. The number of carbonyl (C=O) groups is 2. The molecular formula is C23H16ClNO4S. The van der Waals surface area contributed by atoms with Crippen molar-refractivity contribution >= 4 is 40.5 Å². The first-order chi connectivity index (χ1) is 14.5. The highest BCUT2D eigenvalue weighted by molar-refractivity contribution is 7.15. The first-order valence-corrected chi connectivity index (χ1v) is 10.3. The molecule has 0 radical (unpaired) electrons. The SMILES string of the molecule is C#CCOc1ccc([C@@H]2CC(=O)Nc3c2sc(C(=O)O)c3-c2ccc(Cl)cc2)cc1. The molecule has 0 spiro atoms. The highest BCUT2D eigenvalue weighted by Gasteiger charge is 2.34. The van der Waals surface area contributed by atoms with Crippen LogP contribution in [0, 0.1) is 12.3 Å². The number of benzene rings is 2. The van der Waals surface area contributed by atoms with E-state index in [0.29, 0.717) is 27.6 Å². The Morgan fingerprint density at radius 1 is 1.23 bits per heavy atom. The van der Waals surface area contributed by atoms with Crippen molar-refractivity contribution in [1.29, 1.82) is 0 Å². The number of carboxylic acid groups (broad SMARTS) is 1. The van der Waals surface area contributed by atoms with E-state index in [1.165, 1.54) is 11.3 Å². The van der Waals surface area contributed by atoms with Crippen LogP contribution in [0.2, 0.25) is 5.02 Å². The third-order valence-electron chi connectivity index (χ3n) is 4.84. The monoisotopic (exact) mass is 437 g/mol. The molecule has 0 saturated heterocycles. The van der Waals surface area contributed by atoms with E-state index < -0.39 is 5.97 Å². The highest BCUT2D eigenvalue weighted by atomic mass is 35.5. The van der Waals surface area contributed by atoms with E-state index in [2.05, 4.69) is 11.2 Å². The molecule has 2 aromatic carbocycles. The Kier molecular flexibility index (Phi) is 5.49. The van der Waals surface area contributed by atoms with E-state index >= 15 is 0 Å². The lowest BCUT2D eigenvalue weighted by Crippen LogP contribution is -2.22. The van der Waals surface area contributed by atoms with Gasteiger partial charge in [-0.15, -0.1) is 17.8 Å². The van der Waals surface area contributed by atoms with E-state index in [9.17, 15) is 14.7 Å². The van der Waals surface area contributed by atoms with Crippen LogP contribution in [-0.4, -0.2) is 23.6 Å². The van der Waals surface area contributed by atoms with Crippen LogP contribution < -0.4 is 10.1 Å². The van der Waals surface area contributed by atoms with Crippen molar-refractivity contribution in [2.75, 3.05) is 11.9 Å². The van der Waals surface area contributed by atoms with Crippen molar-refractivity contribution < 1.29 is 19.4 Å². The Morgan fingerprint density at radius 3 is 2.57 bits per heavy atom. The first kappa shape index (κ1) is 20.0. The predicted octanol–water partition coefficient (Wildman–Crippen LogP) is 5.25. The van der Waals surface area contributed by atoms with Crippen molar-refractivity contribution in [3.8, 4) is 29.2 Å². The average molecular weight is 438 g/mol. The molecule has 30 heavy (non-hydrogen) atoms. The Balaban J connectivity index is 1.81. The van der Waals surface area contributed by atoms with Gasteiger partial charge in [0.25, 0.3) is 0 Å². The third kappa shape index (κ3) is 3.78. The maximum atomic E-state index is 12.5. The van der Waals surface area contributed by atoms with Gasteiger partial charge in [0, 0.05) is 27.8 Å². The van der Waals surface area contributed by atoms with Gasteiger partial charge in [0.1, 0.15) is 17.2 Å². The summed E-state index contributed by atoms with van der Waals surface area (Å²) in [6.07, 6.45) is 5.45. The maximum Gasteiger partial charge on any atom is 0.346 e. The number of hydrogen-bond donors (Lipinski definition) is 2. The molecule has 0 fully saturated rings. The topological polar surface area (TPSA) is 75.6 Å². The number of terminal acetylenes is 1. The van der Waals surface area contributed by atoms with Crippen LogP contribution >= 0.6 is 22.9 Å². The molecule has 1 aromatic heterocycles. The van der Waals surface area contributed by atoms with Crippen molar-refractivity contribution in [1.82, 2.24) is 0 Å². The molecule has 1 aliphatic heterocycles. The second kappa shape index (κ2) is 8.23. The van der Waals surface area contributed by atoms with E-state index in [-0.39, 0.29) is 29.7 Å². The van der Waals surface area contributed by atoms with Gasteiger partial charge in [0.05, 0.1) is 5.69 Å². The van der Waals surface area contributed by atoms with E-state index in [1.807, 2.05) is 12.1 Å². The second-order valence-corrected chi connectivity index (χ2v) is 8.21. The highest BCUT2D eigenvalue weighted by Crippen LogP contribution is 2.49. The number of rotatable bonds is 5. The number of amides is 1. The number of aromatic carboxylic acids is 1. The van der Waals surface area contributed by atoms with Crippen molar-refractivity contribution in [3.05, 3.63) is 68.9 Å². The van der Waals surface area contributed by atoms with Crippen LogP contribution in [0.3, 0.4) is 0 Å². The maximum absolute atomic E-state index is 12.5. The van der Waals surface area contributed by atoms with Crippen molar-refractivity contribution in [3.63, 3.8) is 0 Å². The predicted molar refractivity (Wildman–Crippen MR) is 118 cm³/mol. The van der Waals surface area contributed by atoms with Gasteiger partial charge in [-0.1, -0.05) is 41.8 Å². The molecule has 2 heterocycles. The summed E-state index contributed by atoms with van der Waals surface area (Å²) >= 11 is 7.17. The number of hydrogen-bond acceptors (Lipinski definition) is 4. The summed E-state index contributed by atoms with van der Waals surface area (Å²) in [4.78, 5) is 25.5. The summed E-state index contributed by atoms with van der Waals surface area (Å²) in [6.45, 7) is 0.173. The normalized spacial score (nSPS) is 15.1. The van der Waals surface area contributed by atoms with Crippen LogP contribution in [0.4, 0.5) is 5.69 Å². The summed E-state index contributed by atoms with van der Waals surface area (Å²) in [6, 6.07) is 14.2. The fraction of sp³-hybridized carbons (Fsp3) is 0.130. The first-order valence-electron chi connectivity index (χ1n) is 9.10. The number of anilines is 1. The van der Waals surface area contributed by atoms with Gasteiger partial charge < -0.3 is 15.2 Å². The Labute approximate surface area is 182 Å². The van der Waals surface area contributed by atoms with E-state index in [1.54, 1.807) is 36.4 Å². The fourth-order valence-electron chi connectivity index (χ4n) is 3.52. The van der Waals surface area contributed by atoms with Crippen LogP contribution in [-0.2, 0) is 4.79 Å². The third-order valence-corrected chi connectivity index (χ3v) is 6.38. The van der Waals surface area contributed by atoms with Gasteiger partial charge in [-0.25, -0.2) is 4.79 Å². The Hall–Kier alpha value is -3.27. The number of nitrogens with one attached hydrogen (secondary N) is 1. The number of carbonyl (C=O) groups excluding carboxylic acids is 1. The van der Waals surface area contributed by atoms with Crippen LogP contribution in [0.5, 0.6) is 5.75 Å². The lowest BCUT2D eigenvalue weighted by atomic mass is 9.88. The second-order valence-electron chi connectivity index (χ2n) is 6.72. The smallest absolute Gasteiger partial charge is 0.346 e. The number of ether oxygens (including phenoxy) is 1. The summed E-state index contributed by atoms with van der Waals surface area (Å²) in [7, 11) is 0. The Bertz CT molecular complexity index is 1160. The molecule has 1 aliphatic rings. The molecule has 0 saturated carbocycles.